The maximum Gasteiger partial charge on any atom is 0.224 e. The number of hydrogen-bond donors (Lipinski definition) is 1. The van der Waals surface area contributed by atoms with Crippen LogP contribution >= 0.6 is 0 Å². The summed E-state index contributed by atoms with van der Waals surface area (Å²) < 4.78 is 0. The zero-order valence-electron chi connectivity index (χ0n) is 11.0. The fraction of sp³-hybridized carbons (Fsp3) is 0.235. The van der Waals surface area contributed by atoms with Crippen molar-refractivity contribution in [2.75, 3.05) is 0 Å². The predicted octanol–water partition coefficient (Wildman–Crippen LogP) is 2.87. The second kappa shape index (κ2) is 3.95. The summed E-state index contributed by atoms with van der Waals surface area (Å²) in [6.45, 7) is 1.97. The molecule has 0 bridgehead atoms. The van der Waals surface area contributed by atoms with Gasteiger partial charge in [0, 0.05) is 5.41 Å². The summed E-state index contributed by atoms with van der Waals surface area (Å²) in [5, 5.41) is 0. The van der Waals surface area contributed by atoms with Gasteiger partial charge in [-0.2, -0.15) is 0 Å². The van der Waals surface area contributed by atoms with E-state index in [0.717, 1.165) is 6.42 Å². The molecule has 0 unspecified atom stereocenters. The number of carbonyl (C=O) groups is 1. The van der Waals surface area contributed by atoms with E-state index in [2.05, 4.69) is 24.3 Å². The first-order chi connectivity index (χ1) is 9.11. The van der Waals surface area contributed by atoms with Gasteiger partial charge in [-0.25, -0.2) is 0 Å². The highest BCUT2D eigenvalue weighted by molar-refractivity contribution is 5.88. The van der Waals surface area contributed by atoms with Crippen LogP contribution in [0.1, 0.15) is 24.5 Å². The molecule has 19 heavy (non-hydrogen) atoms. The largest absolute Gasteiger partial charge is 0.369 e. The number of benzene rings is 2. The Balaban J connectivity index is 2.18. The van der Waals surface area contributed by atoms with Crippen molar-refractivity contribution >= 4 is 5.91 Å². The lowest BCUT2D eigenvalue weighted by Gasteiger charge is -2.22. The molecule has 1 fully saturated rings. The van der Waals surface area contributed by atoms with E-state index in [1.54, 1.807) is 0 Å². The summed E-state index contributed by atoms with van der Waals surface area (Å²) in [7, 11) is 0. The highest BCUT2D eigenvalue weighted by Crippen LogP contribution is 2.67. The first-order valence-electron chi connectivity index (χ1n) is 6.52. The van der Waals surface area contributed by atoms with Gasteiger partial charge in [0.15, 0.2) is 0 Å². The van der Waals surface area contributed by atoms with E-state index in [0.29, 0.717) is 0 Å². The number of rotatable bonds is 3. The molecule has 1 atom stereocenters. The topological polar surface area (TPSA) is 43.1 Å². The second-order valence-corrected chi connectivity index (χ2v) is 5.51. The number of primary amides is 1. The Bertz CT molecular complexity index is 566. The number of amides is 1. The van der Waals surface area contributed by atoms with Crippen molar-refractivity contribution in [1.29, 1.82) is 0 Å². The average Bonchev–Trinajstić information content (AvgIpc) is 3.10. The Morgan fingerprint density at radius 3 is 1.68 bits per heavy atom. The lowest BCUT2D eigenvalue weighted by Crippen LogP contribution is -2.30. The zero-order valence-corrected chi connectivity index (χ0v) is 11.0. The number of hydrogen-bond acceptors (Lipinski definition) is 1. The van der Waals surface area contributed by atoms with Crippen LogP contribution in [-0.4, -0.2) is 5.91 Å². The SMILES string of the molecule is C[C@@]1(C(N)=O)CC1(c1ccccc1)c1ccccc1. The molecule has 3 rings (SSSR count). The van der Waals surface area contributed by atoms with E-state index in [1.165, 1.54) is 11.1 Å². The highest BCUT2D eigenvalue weighted by Gasteiger charge is 2.69. The van der Waals surface area contributed by atoms with Gasteiger partial charge in [-0.3, -0.25) is 4.79 Å². The van der Waals surface area contributed by atoms with E-state index in [-0.39, 0.29) is 11.3 Å². The maximum absolute atomic E-state index is 11.9. The minimum atomic E-state index is -0.490. The summed E-state index contributed by atoms with van der Waals surface area (Å²) in [5.74, 6) is -0.222. The van der Waals surface area contributed by atoms with Gasteiger partial charge in [0.1, 0.15) is 0 Å². The molecule has 2 nitrogen and oxygen atoms in total. The van der Waals surface area contributed by atoms with Crippen LogP contribution in [0.4, 0.5) is 0 Å². The molecule has 2 aromatic carbocycles. The van der Waals surface area contributed by atoms with Crippen molar-refractivity contribution in [1.82, 2.24) is 0 Å². The Labute approximate surface area is 113 Å². The summed E-state index contributed by atoms with van der Waals surface area (Å²) in [4.78, 5) is 11.9. The van der Waals surface area contributed by atoms with Crippen LogP contribution in [0.5, 0.6) is 0 Å². The van der Waals surface area contributed by atoms with Gasteiger partial charge in [0.2, 0.25) is 5.91 Å². The van der Waals surface area contributed by atoms with Crippen LogP contribution in [0.3, 0.4) is 0 Å². The van der Waals surface area contributed by atoms with Gasteiger partial charge in [-0.15, -0.1) is 0 Å². The maximum atomic E-state index is 11.9. The van der Waals surface area contributed by atoms with Crippen molar-refractivity contribution in [3.8, 4) is 0 Å². The predicted molar refractivity (Wildman–Crippen MR) is 75.6 cm³/mol. The van der Waals surface area contributed by atoms with Crippen LogP contribution in [-0.2, 0) is 10.2 Å². The van der Waals surface area contributed by atoms with Crippen molar-refractivity contribution in [3.05, 3.63) is 71.8 Å². The van der Waals surface area contributed by atoms with Gasteiger partial charge in [-0.1, -0.05) is 60.7 Å². The third kappa shape index (κ3) is 1.53. The Hall–Kier alpha value is -2.09. The van der Waals surface area contributed by atoms with E-state index in [9.17, 15) is 4.79 Å². The Kier molecular flexibility index (Phi) is 2.49. The van der Waals surface area contributed by atoms with Gasteiger partial charge in [-0.05, 0) is 24.5 Å². The van der Waals surface area contributed by atoms with Crippen molar-refractivity contribution in [3.63, 3.8) is 0 Å². The molecule has 2 aromatic rings. The molecule has 0 saturated heterocycles. The first kappa shape index (κ1) is 12.0. The summed E-state index contributed by atoms with van der Waals surface area (Å²) in [6.07, 6.45) is 0.781. The summed E-state index contributed by atoms with van der Waals surface area (Å²) in [5.41, 5.74) is 7.23. The molecule has 1 aliphatic rings. The number of carbonyl (C=O) groups excluding carboxylic acids is 1. The van der Waals surface area contributed by atoms with Gasteiger partial charge >= 0.3 is 0 Å². The quantitative estimate of drug-likeness (QED) is 0.895. The number of nitrogens with two attached hydrogens (primary N) is 1. The second-order valence-electron chi connectivity index (χ2n) is 5.51. The molecule has 0 heterocycles. The molecule has 2 heteroatoms. The molecule has 0 radical (unpaired) electrons. The van der Waals surface area contributed by atoms with E-state index in [4.69, 9.17) is 5.73 Å². The standard InChI is InChI=1S/C17H17NO/c1-16(15(18)19)12-17(16,13-8-4-2-5-9-13)14-10-6-3-7-11-14/h2-11H,12H2,1H3,(H2,18,19)/t16-/m0/s1. The van der Waals surface area contributed by atoms with E-state index in [1.807, 2.05) is 43.3 Å². The van der Waals surface area contributed by atoms with Crippen LogP contribution in [0.15, 0.2) is 60.7 Å². The van der Waals surface area contributed by atoms with E-state index >= 15 is 0 Å². The Morgan fingerprint density at radius 2 is 1.37 bits per heavy atom. The zero-order chi connectivity index (χ0) is 13.5. The van der Waals surface area contributed by atoms with Crippen molar-refractivity contribution < 1.29 is 4.79 Å². The molecular formula is C17H17NO. The molecule has 0 aromatic heterocycles. The van der Waals surface area contributed by atoms with Crippen molar-refractivity contribution in [2.45, 2.75) is 18.8 Å². The van der Waals surface area contributed by atoms with Crippen molar-refractivity contribution in [2.24, 2.45) is 11.1 Å². The molecular weight excluding hydrogens is 234 g/mol. The van der Waals surface area contributed by atoms with Crippen LogP contribution in [0.2, 0.25) is 0 Å². The Morgan fingerprint density at radius 1 is 0.947 bits per heavy atom. The lowest BCUT2D eigenvalue weighted by atomic mass is 9.80. The van der Waals surface area contributed by atoms with Gasteiger partial charge in [0.25, 0.3) is 0 Å². The average molecular weight is 251 g/mol. The third-order valence-corrected chi connectivity index (χ3v) is 4.51. The van der Waals surface area contributed by atoms with Crippen LogP contribution in [0.25, 0.3) is 0 Å². The molecule has 1 amide bonds. The molecule has 96 valence electrons. The fourth-order valence-electron chi connectivity index (χ4n) is 3.24. The summed E-state index contributed by atoms with van der Waals surface area (Å²) >= 11 is 0. The normalized spacial score (nSPS) is 23.8. The smallest absolute Gasteiger partial charge is 0.224 e. The van der Waals surface area contributed by atoms with Crippen LogP contribution in [0, 0.1) is 5.41 Å². The monoisotopic (exact) mass is 251 g/mol. The molecule has 2 N–H and O–H groups in total. The minimum Gasteiger partial charge on any atom is -0.369 e. The summed E-state index contributed by atoms with van der Waals surface area (Å²) in [6, 6.07) is 20.4. The van der Waals surface area contributed by atoms with Gasteiger partial charge < -0.3 is 5.73 Å². The highest BCUT2D eigenvalue weighted by atomic mass is 16.1. The first-order valence-corrected chi connectivity index (χ1v) is 6.52. The minimum absolute atomic E-state index is 0.222. The molecule has 0 spiro atoms. The van der Waals surface area contributed by atoms with Crippen LogP contribution < -0.4 is 5.73 Å². The fourth-order valence-corrected chi connectivity index (χ4v) is 3.24. The third-order valence-electron chi connectivity index (χ3n) is 4.51. The van der Waals surface area contributed by atoms with E-state index < -0.39 is 5.41 Å². The molecule has 0 aliphatic heterocycles. The lowest BCUT2D eigenvalue weighted by molar-refractivity contribution is -0.123. The van der Waals surface area contributed by atoms with Gasteiger partial charge in [0.05, 0.1) is 5.41 Å². The molecule has 1 aliphatic carbocycles. The molecule has 1 saturated carbocycles.